The fraction of sp³-hybridized carbons (Fsp3) is 0.667. The molecule has 0 rings (SSSR count). The summed E-state index contributed by atoms with van der Waals surface area (Å²) in [7, 11) is 0. The predicted octanol–water partition coefficient (Wildman–Crippen LogP) is 1.23. The molecule has 0 aliphatic carbocycles. The molecule has 0 amide bonds. The molecule has 0 aromatic carbocycles. The summed E-state index contributed by atoms with van der Waals surface area (Å²) in [6.07, 6.45) is -0.710. The zero-order valence-corrected chi connectivity index (χ0v) is 5.70. The van der Waals surface area contributed by atoms with Crippen LogP contribution in [-0.4, -0.2) is 17.9 Å². The van der Waals surface area contributed by atoms with Crippen LogP contribution in [0.25, 0.3) is 0 Å². The molecule has 4 nitrogen and oxygen atoms in total. The van der Waals surface area contributed by atoms with Gasteiger partial charge in [-0.05, 0) is 6.42 Å². The van der Waals surface area contributed by atoms with Gasteiger partial charge < -0.3 is 9.84 Å². The predicted molar refractivity (Wildman–Crippen MR) is 33.4 cm³/mol. The molecule has 0 aromatic heterocycles. The molecule has 0 aliphatic rings. The average molecular weight is 143 g/mol. The molecule has 1 atom stereocenters. The molecule has 0 fully saturated rings. The standard InChI is InChI=1S/C6H9NO3/c1-2-5(3-7)4-10-6(8)9/h5H,2,4H2,1H3,(H,8,9). The van der Waals surface area contributed by atoms with Crippen LogP contribution < -0.4 is 0 Å². The zero-order valence-electron chi connectivity index (χ0n) is 5.70. The van der Waals surface area contributed by atoms with Crippen LogP contribution in [0.1, 0.15) is 13.3 Å². The van der Waals surface area contributed by atoms with Crippen LogP contribution in [0.4, 0.5) is 4.79 Å². The minimum atomic E-state index is -1.33. The van der Waals surface area contributed by atoms with Crippen molar-refractivity contribution in [1.82, 2.24) is 0 Å². The van der Waals surface area contributed by atoms with Crippen molar-refractivity contribution >= 4 is 6.16 Å². The van der Waals surface area contributed by atoms with Crippen molar-refractivity contribution in [2.45, 2.75) is 13.3 Å². The van der Waals surface area contributed by atoms with E-state index >= 15 is 0 Å². The van der Waals surface area contributed by atoms with Gasteiger partial charge in [0.25, 0.3) is 0 Å². The Balaban J connectivity index is 3.47. The Morgan fingerprint density at radius 3 is 2.80 bits per heavy atom. The summed E-state index contributed by atoms with van der Waals surface area (Å²) < 4.78 is 4.18. The van der Waals surface area contributed by atoms with Gasteiger partial charge in [-0.3, -0.25) is 0 Å². The number of carbonyl (C=O) groups is 1. The van der Waals surface area contributed by atoms with Crippen molar-refractivity contribution in [2.24, 2.45) is 5.92 Å². The summed E-state index contributed by atoms with van der Waals surface area (Å²) >= 11 is 0. The van der Waals surface area contributed by atoms with Gasteiger partial charge >= 0.3 is 6.16 Å². The summed E-state index contributed by atoms with van der Waals surface area (Å²) in [6, 6.07) is 1.92. The monoisotopic (exact) mass is 143 g/mol. The molecule has 10 heavy (non-hydrogen) atoms. The van der Waals surface area contributed by atoms with Crippen molar-refractivity contribution in [3.8, 4) is 6.07 Å². The first-order chi connectivity index (χ1) is 4.70. The third kappa shape index (κ3) is 3.72. The first-order valence-corrected chi connectivity index (χ1v) is 2.96. The largest absolute Gasteiger partial charge is 0.505 e. The average Bonchev–Trinajstić information content (AvgIpc) is 1.90. The van der Waals surface area contributed by atoms with Gasteiger partial charge in [0.15, 0.2) is 0 Å². The molecule has 0 spiro atoms. The molecule has 0 aliphatic heterocycles. The summed E-state index contributed by atoms with van der Waals surface area (Å²) in [5, 5.41) is 16.3. The van der Waals surface area contributed by atoms with Crippen LogP contribution in [0.3, 0.4) is 0 Å². The molecule has 56 valence electrons. The maximum atomic E-state index is 9.80. The second-order valence-corrected chi connectivity index (χ2v) is 1.81. The van der Waals surface area contributed by atoms with Crippen molar-refractivity contribution in [1.29, 1.82) is 5.26 Å². The van der Waals surface area contributed by atoms with Gasteiger partial charge in [0, 0.05) is 0 Å². The summed E-state index contributed by atoms with van der Waals surface area (Å²) in [5.41, 5.74) is 0. The lowest BCUT2D eigenvalue weighted by molar-refractivity contribution is 0.0830. The first-order valence-electron chi connectivity index (χ1n) is 2.96. The van der Waals surface area contributed by atoms with E-state index in [9.17, 15) is 4.79 Å². The minimum Gasteiger partial charge on any atom is -0.450 e. The highest BCUT2D eigenvalue weighted by atomic mass is 16.7. The first kappa shape index (κ1) is 8.76. The number of hydrogen-bond acceptors (Lipinski definition) is 3. The normalized spacial score (nSPS) is 11.6. The van der Waals surface area contributed by atoms with Crippen LogP contribution in [0.2, 0.25) is 0 Å². The van der Waals surface area contributed by atoms with E-state index in [0.29, 0.717) is 6.42 Å². The lowest BCUT2D eigenvalue weighted by atomic mass is 10.1. The Kier molecular flexibility index (Phi) is 4.05. The number of carboxylic acid groups (broad SMARTS) is 1. The number of hydrogen-bond donors (Lipinski definition) is 1. The van der Waals surface area contributed by atoms with Crippen molar-refractivity contribution in [2.75, 3.05) is 6.61 Å². The van der Waals surface area contributed by atoms with Gasteiger partial charge in [-0.15, -0.1) is 0 Å². The molecular weight excluding hydrogens is 134 g/mol. The number of ether oxygens (including phenoxy) is 1. The van der Waals surface area contributed by atoms with Gasteiger partial charge in [0.1, 0.15) is 6.61 Å². The fourth-order valence-corrected chi connectivity index (χ4v) is 0.418. The Labute approximate surface area is 59.0 Å². The van der Waals surface area contributed by atoms with Crippen LogP contribution in [-0.2, 0) is 4.74 Å². The lowest BCUT2D eigenvalue weighted by Gasteiger charge is -2.02. The van der Waals surface area contributed by atoms with Gasteiger partial charge in [-0.1, -0.05) is 6.92 Å². The molecule has 0 saturated carbocycles. The molecule has 0 aromatic rings. The topological polar surface area (TPSA) is 70.3 Å². The van der Waals surface area contributed by atoms with Crippen LogP contribution >= 0.6 is 0 Å². The smallest absolute Gasteiger partial charge is 0.450 e. The highest BCUT2D eigenvalue weighted by molar-refractivity contribution is 5.56. The fourth-order valence-electron chi connectivity index (χ4n) is 0.418. The third-order valence-electron chi connectivity index (χ3n) is 1.08. The van der Waals surface area contributed by atoms with Crippen LogP contribution in [0.15, 0.2) is 0 Å². The van der Waals surface area contributed by atoms with E-state index in [0.717, 1.165) is 0 Å². The van der Waals surface area contributed by atoms with Crippen molar-refractivity contribution in [3.63, 3.8) is 0 Å². The highest BCUT2D eigenvalue weighted by Crippen LogP contribution is 2.00. The van der Waals surface area contributed by atoms with E-state index < -0.39 is 6.16 Å². The molecule has 0 radical (unpaired) electrons. The van der Waals surface area contributed by atoms with E-state index in [2.05, 4.69) is 4.74 Å². The quantitative estimate of drug-likeness (QED) is 0.603. The molecule has 1 N–H and O–H groups in total. The van der Waals surface area contributed by atoms with E-state index in [1.165, 1.54) is 0 Å². The minimum absolute atomic E-state index is 0.0255. The van der Waals surface area contributed by atoms with E-state index in [1.54, 1.807) is 6.92 Å². The second-order valence-electron chi connectivity index (χ2n) is 1.81. The van der Waals surface area contributed by atoms with E-state index in [1.807, 2.05) is 6.07 Å². The van der Waals surface area contributed by atoms with E-state index in [-0.39, 0.29) is 12.5 Å². The van der Waals surface area contributed by atoms with Gasteiger partial charge in [-0.25, -0.2) is 4.79 Å². The molecule has 0 bridgehead atoms. The van der Waals surface area contributed by atoms with Crippen molar-refractivity contribution in [3.05, 3.63) is 0 Å². The SMILES string of the molecule is CCC(C#N)COC(=O)O. The number of nitriles is 1. The van der Waals surface area contributed by atoms with Gasteiger partial charge in [0.05, 0.1) is 12.0 Å². The molecule has 1 unspecified atom stereocenters. The number of nitrogens with zero attached hydrogens (tertiary/aromatic N) is 1. The maximum Gasteiger partial charge on any atom is 0.505 e. The van der Waals surface area contributed by atoms with E-state index in [4.69, 9.17) is 10.4 Å². The molecule has 4 heteroatoms. The summed E-state index contributed by atoms with van der Waals surface area (Å²) in [6.45, 7) is 1.78. The lowest BCUT2D eigenvalue weighted by Crippen LogP contribution is -2.09. The second kappa shape index (κ2) is 4.62. The Bertz CT molecular complexity index is 150. The molecular formula is C6H9NO3. The Hall–Kier alpha value is -1.24. The summed E-state index contributed by atoms with van der Waals surface area (Å²) in [4.78, 5) is 9.80. The van der Waals surface area contributed by atoms with Gasteiger partial charge in [0.2, 0.25) is 0 Å². The third-order valence-corrected chi connectivity index (χ3v) is 1.08. The van der Waals surface area contributed by atoms with Crippen LogP contribution in [0.5, 0.6) is 0 Å². The van der Waals surface area contributed by atoms with Gasteiger partial charge in [-0.2, -0.15) is 5.26 Å². The highest BCUT2D eigenvalue weighted by Gasteiger charge is 2.06. The maximum absolute atomic E-state index is 9.80. The van der Waals surface area contributed by atoms with Crippen molar-refractivity contribution < 1.29 is 14.6 Å². The summed E-state index contributed by atoms with van der Waals surface area (Å²) in [5.74, 6) is -0.309. The molecule has 0 heterocycles. The van der Waals surface area contributed by atoms with Crippen LogP contribution in [0, 0.1) is 17.2 Å². The Morgan fingerprint density at radius 1 is 1.90 bits per heavy atom. The Morgan fingerprint density at radius 2 is 2.50 bits per heavy atom. The molecule has 0 saturated heterocycles. The zero-order chi connectivity index (χ0) is 7.98. The number of rotatable bonds is 3.